The highest BCUT2D eigenvalue weighted by Gasteiger charge is 2.30. The molecule has 19 heavy (non-hydrogen) atoms. The third-order valence-electron chi connectivity index (χ3n) is 3.34. The van der Waals surface area contributed by atoms with E-state index >= 15 is 0 Å². The van der Waals surface area contributed by atoms with Crippen LogP contribution in [0.25, 0.3) is 0 Å². The SMILES string of the molecule is CC1CC(C)N(C(=O)c2ccc(C#CCO)cn2)C1. The molecule has 1 fully saturated rings. The number of amides is 1. The number of likely N-dealkylation sites (tertiary alicyclic amines) is 1. The van der Waals surface area contributed by atoms with Crippen LogP contribution >= 0.6 is 0 Å². The first-order valence-corrected chi connectivity index (χ1v) is 6.48. The number of hydrogen-bond acceptors (Lipinski definition) is 3. The van der Waals surface area contributed by atoms with Gasteiger partial charge in [0.05, 0.1) is 0 Å². The summed E-state index contributed by atoms with van der Waals surface area (Å²) in [5, 5.41) is 8.61. The lowest BCUT2D eigenvalue weighted by atomic mass is 10.1. The number of rotatable bonds is 1. The van der Waals surface area contributed by atoms with Crippen molar-refractivity contribution in [2.24, 2.45) is 5.92 Å². The fourth-order valence-electron chi connectivity index (χ4n) is 2.47. The first kappa shape index (κ1) is 13.6. The molecule has 0 bridgehead atoms. The number of carbonyl (C=O) groups excluding carboxylic acids is 1. The van der Waals surface area contributed by atoms with E-state index in [0.717, 1.165) is 13.0 Å². The van der Waals surface area contributed by atoms with Crippen LogP contribution in [-0.4, -0.2) is 40.1 Å². The molecule has 2 atom stereocenters. The molecule has 0 saturated carbocycles. The molecule has 0 aromatic carbocycles. The minimum Gasteiger partial charge on any atom is -0.384 e. The normalized spacial score (nSPS) is 21.9. The molecule has 4 nitrogen and oxygen atoms in total. The van der Waals surface area contributed by atoms with Gasteiger partial charge in [-0.2, -0.15) is 0 Å². The number of aliphatic hydroxyl groups is 1. The van der Waals surface area contributed by atoms with E-state index in [2.05, 4.69) is 30.7 Å². The maximum Gasteiger partial charge on any atom is 0.272 e. The van der Waals surface area contributed by atoms with E-state index in [1.54, 1.807) is 18.3 Å². The number of hydrogen-bond donors (Lipinski definition) is 1. The fourth-order valence-corrected chi connectivity index (χ4v) is 2.47. The number of pyridine rings is 1. The number of carbonyl (C=O) groups is 1. The van der Waals surface area contributed by atoms with Gasteiger partial charge >= 0.3 is 0 Å². The molecule has 1 N–H and O–H groups in total. The zero-order valence-electron chi connectivity index (χ0n) is 11.3. The van der Waals surface area contributed by atoms with Crippen LogP contribution in [-0.2, 0) is 0 Å². The zero-order chi connectivity index (χ0) is 13.8. The topological polar surface area (TPSA) is 53.4 Å². The Labute approximate surface area is 113 Å². The van der Waals surface area contributed by atoms with Crippen molar-refractivity contribution in [3.63, 3.8) is 0 Å². The zero-order valence-corrected chi connectivity index (χ0v) is 11.3. The third-order valence-corrected chi connectivity index (χ3v) is 3.34. The standard InChI is InChI=1S/C15H18N2O2/c1-11-8-12(2)17(10-11)15(19)14-6-5-13(9-16-14)4-3-7-18/h5-6,9,11-12,18H,7-8,10H2,1-2H3. The predicted octanol–water partition coefficient (Wildman–Crippen LogP) is 1.30. The number of aromatic nitrogens is 1. The average Bonchev–Trinajstić information content (AvgIpc) is 2.75. The van der Waals surface area contributed by atoms with Crippen molar-refractivity contribution in [3.05, 3.63) is 29.6 Å². The molecule has 4 heteroatoms. The van der Waals surface area contributed by atoms with Crippen LogP contribution in [0.3, 0.4) is 0 Å². The van der Waals surface area contributed by atoms with E-state index in [0.29, 0.717) is 17.2 Å². The van der Waals surface area contributed by atoms with E-state index in [-0.39, 0.29) is 18.6 Å². The molecule has 2 rings (SSSR count). The second-order valence-corrected chi connectivity index (χ2v) is 5.04. The van der Waals surface area contributed by atoms with E-state index in [1.165, 1.54) is 0 Å². The third kappa shape index (κ3) is 3.12. The van der Waals surface area contributed by atoms with Gasteiger partial charge in [0.1, 0.15) is 12.3 Å². The van der Waals surface area contributed by atoms with E-state index < -0.39 is 0 Å². The Morgan fingerprint density at radius 1 is 1.53 bits per heavy atom. The summed E-state index contributed by atoms with van der Waals surface area (Å²) >= 11 is 0. The van der Waals surface area contributed by atoms with Crippen molar-refractivity contribution in [1.29, 1.82) is 0 Å². The second kappa shape index (κ2) is 5.85. The Kier molecular flexibility index (Phi) is 4.18. The monoisotopic (exact) mass is 258 g/mol. The lowest BCUT2D eigenvalue weighted by Gasteiger charge is -2.20. The van der Waals surface area contributed by atoms with Gasteiger partial charge in [-0.3, -0.25) is 4.79 Å². The molecule has 2 unspecified atom stereocenters. The molecule has 0 aliphatic carbocycles. The van der Waals surface area contributed by atoms with E-state index in [1.807, 2.05) is 4.90 Å². The molecule has 1 saturated heterocycles. The van der Waals surface area contributed by atoms with Gasteiger partial charge in [0, 0.05) is 24.3 Å². The summed E-state index contributed by atoms with van der Waals surface area (Å²) in [6.45, 7) is 4.85. The maximum atomic E-state index is 12.3. The Morgan fingerprint density at radius 2 is 2.32 bits per heavy atom. The molecule has 1 aromatic rings. The van der Waals surface area contributed by atoms with Gasteiger partial charge in [0.15, 0.2) is 0 Å². The first-order chi connectivity index (χ1) is 9.11. The summed E-state index contributed by atoms with van der Waals surface area (Å²) in [6, 6.07) is 3.73. The quantitative estimate of drug-likeness (QED) is 0.772. The van der Waals surface area contributed by atoms with Gasteiger partial charge in [0.2, 0.25) is 0 Å². The van der Waals surface area contributed by atoms with Crippen LogP contribution < -0.4 is 0 Å². The van der Waals surface area contributed by atoms with Gasteiger partial charge in [-0.1, -0.05) is 18.8 Å². The molecule has 1 aromatic heterocycles. The van der Waals surface area contributed by atoms with E-state index in [4.69, 9.17) is 5.11 Å². The molecule has 0 radical (unpaired) electrons. The summed E-state index contributed by atoms with van der Waals surface area (Å²) in [6.07, 6.45) is 2.62. The minimum atomic E-state index is -0.177. The number of nitrogens with zero attached hydrogens (tertiary/aromatic N) is 2. The summed E-state index contributed by atoms with van der Waals surface area (Å²) in [5.41, 5.74) is 1.16. The lowest BCUT2D eigenvalue weighted by Crippen LogP contribution is -2.34. The molecule has 1 amide bonds. The van der Waals surface area contributed by atoms with Crippen molar-refractivity contribution in [2.45, 2.75) is 26.3 Å². The number of aliphatic hydroxyl groups excluding tert-OH is 1. The van der Waals surface area contributed by atoms with Crippen molar-refractivity contribution >= 4 is 5.91 Å². The molecular formula is C15H18N2O2. The fraction of sp³-hybridized carbons (Fsp3) is 0.467. The summed E-state index contributed by atoms with van der Waals surface area (Å²) < 4.78 is 0. The largest absolute Gasteiger partial charge is 0.384 e. The molecule has 1 aliphatic heterocycles. The van der Waals surface area contributed by atoms with Crippen LogP contribution in [0.4, 0.5) is 0 Å². The van der Waals surface area contributed by atoms with Crippen LogP contribution in [0.2, 0.25) is 0 Å². The molecular weight excluding hydrogens is 240 g/mol. The molecule has 1 aliphatic rings. The Hall–Kier alpha value is -1.86. The predicted molar refractivity (Wildman–Crippen MR) is 72.5 cm³/mol. The lowest BCUT2D eigenvalue weighted by molar-refractivity contribution is 0.0738. The highest BCUT2D eigenvalue weighted by Crippen LogP contribution is 2.23. The Balaban J connectivity index is 2.12. The van der Waals surface area contributed by atoms with Crippen molar-refractivity contribution in [1.82, 2.24) is 9.88 Å². The van der Waals surface area contributed by atoms with Crippen LogP contribution in [0, 0.1) is 17.8 Å². The molecule has 2 heterocycles. The summed E-state index contributed by atoms with van der Waals surface area (Å²) in [7, 11) is 0. The van der Waals surface area contributed by atoms with Gasteiger partial charge in [-0.25, -0.2) is 4.98 Å². The second-order valence-electron chi connectivity index (χ2n) is 5.04. The smallest absolute Gasteiger partial charge is 0.272 e. The first-order valence-electron chi connectivity index (χ1n) is 6.48. The summed E-state index contributed by atoms with van der Waals surface area (Å²) in [5.74, 6) is 5.84. The van der Waals surface area contributed by atoms with Crippen molar-refractivity contribution in [3.8, 4) is 11.8 Å². The van der Waals surface area contributed by atoms with Gasteiger partial charge in [-0.15, -0.1) is 0 Å². The van der Waals surface area contributed by atoms with Gasteiger partial charge in [0.25, 0.3) is 5.91 Å². The summed E-state index contributed by atoms with van der Waals surface area (Å²) in [4.78, 5) is 18.4. The minimum absolute atomic E-state index is 0.0153. The van der Waals surface area contributed by atoms with Crippen LogP contribution in [0.5, 0.6) is 0 Å². The maximum absolute atomic E-state index is 12.3. The van der Waals surface area contributed by atoms with Crippen molar-refractivity contribution < 1.29 is 9.90 Å². The average molecular weight is 258 g/mol. The highest BCUT2D eigenvalue weighted by molar-refractivity contribution is 5.92. The van der Waals surface area contributed by atoms with Gasteiger partial charge < -0.3 is 10.0 Å². The Bertz CT molecular complexity index is 513. The highest BCUT2D eigenvalue weighted by atomic mass is 16.2. The Morgan fingerprint density at radius 3 is 2.84 bits per heavy atom. The van der Waals surface area contributed by atoms with Crippen molar-refractivity contribution in [2.75, 3.05) is 13.2 Å². The van der Waals surface area contributed by atoms with Crippen LogP contribution in [0.1, 0.15) is 36.3 Å². The van der Waals surface area contributed by atoms with Gasteiger partial charge in [-0.05, 0) is 31.4 Å². The molecule has 0 spiro atoms. The molecule has 100 valence electrons. The van der Waals surface area contributed by atoms with Crippen LogP contribution in [0.15, 0.2) is 18.3 Å². The van der Waals surface area contributed by atoms with E-state index in [9.17, 15) is 4.79 Å².